The van der Waals surface area contributed by atoms with Crippen LogP contribution in [0.2, 0.25) is 0 Å². The maximum absolute atomic E-state index is 5.98. The summed E-state index contributed by atoms with van der Waals surface area (Å²) in [6.45, 7) is 9.04. The molecular formula is C18H24BrCl2NO3. The first-order chi connectivity index (χ1) is 11.9. The van der Waals surface area contributed by atoms with Crippen molar-refractivity contribution < 1.29 is 14.3 Å². The second-order valence-corrected chi connectivity index (χ2v) is 7.19. The van der Waals surface area contributed by atoms with Gasteiger partial charge in [0.25, 0.3) is 0 Å². The van der Waals surface area contributed by atoms with Crippen LogP contribution in [0.1, 0.15) is 38.8 Å². The highest BCUT2D eigenvalue weighted by Crippen LogP contribution is 2.39. The maximum Gasteiger partial charge on any atom is 0.151 e. The Morgan fingerprint density at radius 1 is 1.16 bits per heavy atom. The molecule has 0 bridgehead atoms. The second-order valence-electron chi connectivity index (χ2n) is 5.39. The third-order valence-electron chi connectivity index (χ3n) is 3.23. The summed E-state index contributed by atoms with van der Waals surface area (Å²) in [5.41, 5.74) is 3.01. The average Bonchev–Trinajstić information content (AvgIpc) is 2.55. The van der Waals surface area contributed by atoms with Gasteiger partial charge in [0.05, 0.1) is 10.2 Å². The highest BCUT2D eigenvalue weighted by atomic mass is 79.9. The van der Waals surface area contributed by atoms with Crippen molar-refractivity contribution in [3.63, 3.8) is 0 Å². The molecule has 0 aliphatic heterocycles. The Morgan fingerprint density at radius 3 is 2.44 bits per heavy atom. The first kappa shape index (κ1) is 22.1. The van der Waals surface area contributed by atoms with Crippen LogP contribution in [0.3, 0.4) is 0 Å². The summed E-state index contributed by atoms with van der Waals surface area (Å²) in [6.07, 6.45) is 3.23. The third-order valence-corrected chi connectivity index (χ3v) is 4.41. The Balaban J connectivity index is 2.94. The molecule has 0 aromatic heterocycles. The molecule has 1 aromatic carbocycles. The Morgan fingerprint density at radius 2 is 1.88 bits per heavy atom. The molecule has 0 atom stereocenters. The third kappa shape index (κ3) is 7.47. The lowest BCUT2D eigenvalue weighted by Gasteiger charge is -2.19. The monoisotopic (exact) mass is 451 g/mol. The van der Waals surface area contributed by atoms with Gasteiger partial charge in [-0.25, -0.2) is 0 Å². The number of benzene rings is 1. The fourth-order valence-corrected chi connectivity index (χ4v) is 2.96. The van der Waals surface area contributed by atoms with Crippen LogP contribution >= 0.6 is 39.1 Å². The molecule has 0 N–H and O–H groups in total. The fourth-order valence-electron chi connectivity index (χ4n) is 2.14. The van der Waals surface area contributed by atoms with Crippen molar-refractivity contribution in [2.24, 2.45) is 5.16 Å². The maximum atomic E-state index is 5.98. The van der Waals surface area contributed by atoms with Crippen LogP contribution in [-0.2, 0) is 17.7 Å². The van der Waals surface area contributed by atoms with E-state index in [4.69, 9.17) is 37.5 Å². The van der Waals surface area contributed by atoms with Gasteiger partial charge >= 0.3 is 0 Å². The lowest BCUT2D eigenvalue weighted by atomic mass is 10.0. The SMILES string of the molecule is CCc1cc(OCC=C(Cl)Cl)c(Br)c(CC)c1OCCON=C(C)C. The van der Waals surface area contributed by atoms with E-state index in [-0.39, 0.29) is 4.49 Å². The largest absolute Gasteiger partial charge is 0.489 e. The number of rotatable bonds is 10. The minimum absolute atomic E-state index is 0.187. The van der Waals surface area contributed by atoms with Gasteiger partial charge in [-0.3, -0.25) is 0 Å². The molecule has 0 radical (unpaired) electrons. The predicted molar refractivity (Wildman–Crippen MR) is 108 cm³/mol. The number of ether oxygens (including phenoxy) is 2. The van der Waals surface area contributed by atoms with E-state index in [1.807, 2.05) is 19.9 Å². The van der Waals surface area contributed by atoms with Gasteiger partial charge in [-0.05, 0) is 60.3 Å². The molecule has 0 spiro atoms. The van der Waals surface area contributed by atoms with Crippen molar-refractivity contribution in [2.75, 3.05) is 19.8 Å². The van der Waals surface area contributed by atoms with Crippen molar-refractivity contribution in [1.82, 2.24) is 0 Å². The highest BCUT2D eigenvalue weighted by molar-refractivity contribution is 9.10. The van der Waals surface area contributed by atoms with E-state index in [2.05, 4.69) is 34.9 Å². The van der Waals surface area contributed by atoms with Gasteiger partial charge in [-0.1, -0.05) is 42.2 Å². The molecule has 4 nitrogen and oxygen atoms in total. The van der Waals surface area contributed by atoms with Gasteiger partial charge in [0.1, 0.15) is 29.2 Å². The Bertz CT molecular complexity index is 625. The molecule has 7 heteroatoms. The Labute approximate surface area is 168 Å². The normalized spacial score (nSPS) is 10.2. The van der Waals surface area contributed by atoms with Crippen molar-refractivity contribution in [3.05, 3.63) is 32.2 Å². The van der Waals surface area contributed by atoms with E-state index in [1.165, 1.54) is 0 Å². The molecule has 1 rings (SSSR count). The smallest absolute Gasteiger partial charge is 0.151 e. The van der Waals surface area contributed by atoms with Crippen molar-refractivity contribution >= 4 is 44.8 Å². The number of hydrogen-bond acceptors (Lipinski definition) is 4. The van der Waals surface area contributed by atoms with E-state index in [1.54, 1.807) is 6.08 Å². The van der Waals surface area contributed by atoms with Crippen LogP contribution in [0.4, 0.5) is 0 Å². The molecule has 0 unspecified atom stereocenters. The number of hydrogen-bond donors (Lipinski definition) is 0. The summed E-state index contributed by atoms with van der Waals surface area (Å²) in [6, 6.07) is 1.98. The van der Waals surface area contributed by atoms with Gasteiger partial charge in [0.15, 0.2) is 6.61 Å². The van der Waals surface area contributed by atoms with E-state index in [9.17, 15) is 0 Å². The Hall–Kier alpha value is -0.910. The van der Waals surface area contributed by atoms with Gasteiger partial charge in [-0.15, -0.1) is 0 Å². The summed E-state index contributed by atoms with van der Waals surface area (Å²) in [5.74, 6) is 1.62. The van der Waals surface area contributed by atoms with Crippen LogP contribution in [-0.4, -0.2) is 25.5 Å². The quantitative estimate of drug-likeness (QED) is 0.246. The van der Waals surface area contributed by atoms with Crippen molar-refractivity contribution in [3.8, 4) is 11.5 Å². The summed E-state index contributed by atoms with van der Waals surface area (Å²) < 4.78 is 12.8. The molecule has 0 saturated carbocycles. The Kier molecular flexibility index (Phi) is 10.3. The lowest BCUT2D eigenvalue weighted by molar-refractivity contribution is 0.106. The fraction of sp³-hybridized carbons (Fsp3) is 0.500. The topological polar surface area (TPSA) is 40.0 Å². The van der Waals surface area contributed by atoms with E-state index in [0.29, 0.717) is 19.8 Å². The molecule has 0 fully saturated rings. The molecule has 0 amide bonds. The predicted octanol–water partition coefficient (Wildman–Crippen LogP) is 6.06. The van der Waals surface area contributed by atoms with Crippen LogP contribution in [0.5, 0.6) is 11.5 Å². The molecule has 0 aliphatic rings. The van der Waals surface area contributed by atoms with E-state index in [0.717, 1.165) is 45.7 Å². The van der Waals surface area contributed by atoms with Crippen LogP contribution in [0.15, 0.2) is 26.3 Å². The molecule has 0 heterocycles. The number of oxime groups is 1. The number of aryl methyl sites for hydroxylation is 1. The highest BCUT2D eigenvalue weighted by Gasteiger charge is 2.17. The first-order valence-corrected chi connectivity index (χ1v) is 9.69. The minimum atomic E-state index is 0.187. The number of halogens is 3. The molecule has 140 valence electrons. The van der Waals surface area contributed by atoms with Crippen LogP contribution in [0, 0.1) is 0 Å². The molecule has 25 heavy (non-hydrogen) atoms. The second kappa shape index (κ2) is 11.7. The van der Waals surface area contributed by atoms with Crippen LogP contribution < -0.4 is 9.47 Å². The number of nitrogens with zero attached hydrogens (tertiary/aromatic N) is 1. The first-order valence-electron chi connectivity index (χ1n) is 8.14. The van der Waals surface area contributed by atoms with E-state index >= 15 is 0 Å². The zero-order valence-corrected chi connectivity index (χ0v) is 18.1. The lowest BCUT2D eigenvalue weighted by Crippen LogP contribution is -2.09. The van der Waals surface area contributed by atoms with E-state index < -0.39 is 0 Å². The summed E-state index contributed by atoms with van der Waals surface area (Å²) in [4.78, 5) is 5.19. The molecular weight excluding hydrogens is 429 g/mol. The average molecular weight is 453 g/mol. The molecule has 0 aliphatic carbocycles. The minimum Gasteiger partial charge on any atom is -0.489 e. The van der Waals surface area contributed by atoms with Gasteiger partial charge in [-0.2, -0.15) is 0 Å². The zero-order chi connectivity index (χ0) is 18.8. The zero-order valence-electron chi connectivity index (χ0n) is 15.0. The van der Waals surface area contributed by atoms with Gasteiger partial charge in [0.2, 0.25) is 0 Å². The van der Waals surface area contributed by atoms with Gasteiger partial charge < -0.3 is 14.3 Å². The van der Waals surface area contributed by atoms with Crippen molar-refractivity contribution in [1.29, 1.82) is 0 Å². The summed E-state index contributed by atoms with van der Waals surface area (Å²) >= 11 is 14.9. The summed E-state index contributed by atoms with van der Waals surface area (Å²) in [7, 11) is 0. The van der Waals surface area contributed by atoms with Gasteiger partial charge in [0, 0.05) is 5.56 Å². The molecule has 1 aromatic rings. The summed E-state index contributed by atoms with van der Waals surface area (Å²) in [5, 5.41) is 3.90. The van der Waals surface area contributed by atoms with Crippen LogP contribution in [0.25, 0.3) is 0 Å². The molecule has 0 saturated heterocycles. The standard InChI is InChI=1S/C18H24BrCl2NO3/c1-5-13-11-15(23-8-7-16(20)21)17(19)14(6-2)18(13)24-9-10-25-22-12(3)4/h7,11H,5-6,8-10H2,1-4H3. The van der Waals surface area contributed by atoms with Crippen molar-refractivity contribution in [2.45, 2.75) is 40.5 Å².